The molecule has 6 heteroatoms. The van der Waals surface area contributed by atoms with Crippen molar-refractivity contribution >= 4 is 5.97 Å². The summed E-state index contributed by atoms with van der Waals surface area (Å²) in [5.41, 5.74) is -1.00. The van der Waals surface area contributed by atoms with Crippen LogP contribution in [0, 0.1) is 0 Å². The molecule has 0 unspecified atom stereocenters. The summed E-state index contributed by atoms with van der Waals surface area (Å²) in [7, 11) is 1.34. The fourth-order valence-electron chi connectivity index (χ4n) is 1.49. The van der Waals surface area contributed by atoms with E-state index in [0.29, 0.717) is 0 Å². The lowest BCUT2D eigenvalue weighted by molar-refractivity contribution is -0.143. The highest BCUT2D eigenvalue weighted by molar-refractivity contribution is 5.73. The van der Waals surface area contributed by atoms with Gasteiger partial charge in [0, 0.05) is 0 Å². The summed E-state index contributed by atoms with van der Waals surface area (Å²) in [6, 6.07) is 3.30. The average molecular weight is 262 g/mol. The molecule has 18 heavy (non-hydrogen) atoms. The van der Waals surface area contributed by atoms with Crippen molar-refractivity contribution in [2.45, 2.75) is 19.5 Å². The van der Waals surface area contributed by atoms with Gasteiger partial charge >= 0.3 is 12.1 Å². The van der Waals surface area contributed by atoms with Gasteiger partial charge in [-0.15, -0.1) is 0 Å². The predicted octanol–water partition coefficient (Wildman–Crippen LogP) is 2.82. The molecule has 0 fully saturated rings. The molecule has 0 aliphatic carbocycles. The van der Waals surface area contributed by atoms with E-state index >= 15 is 0 Å². The summed E-state index contributed by atoms with van der Waals surface area (Å²) in [6.07, 6.45) is -4.94. The molecule has 0 bridgehead atoms. The molecular weight excluding hydrogens is 249 g/mol. The van der Waals surface area contributed by atoms with Crippen molar-refractivity contribution in [1.29, 1.82) is 0 Å². The topological polar surface area (TPSA) is 35.5 Å². The minimum atomic E-state index is -4.51. The van der Waals surface area contributed by atoms with Gasteiger partial charge in [-0.25, -0.2) is 0 Å². The fourth-order valence-corrected chi connectivity index (χ4v) is 1.49. The molecule has 0 atom stereocenters. The summed E-state index contributed by atoms with van der Waals surface area (Å²) in [6.45, 7) is 1.72. The maximum Gasteiger partial charge on any atom is 0.416 e. The molecule has 1 aromatic rings. The van der Waals surface area contributed by atoms with Crippen LogP contribution in [0.4, 0.5) is 13.2 Å². The lowest BCUT2D eigenvalue weighted by Gasteiger charge is -2.13. The van der Waals surface area contributed by atoms with Crippen molar-refractivity contribution in [3.05, 3.63) is 29.3 Å². The van der Waals surface area contributed by atoms with Crippen LogP contribution in [-0.2, 0) is 22.1 Å². The van der Waals surface area contributed by atoms with Gasteiger partial charge in [-0.05, 0) is 30.7 Å². The van der Waals surface area contributed by atoms with Crippen molar-refractivity contribution < 1.29 is 27.4 Å². The quantitative estimate of drug-likeness (QED) is 0.783. The lowest BCUT2D eigenvalue weighted by Crippen LogP contribution is -2.14. The Morgan fingerprint density at radius 1 is 1.33 bits per heavy atom. The first-order valence-electron chi connectivity index (χ1n) is 5.28. The Labute approximate surface area is 103 Å². The minimum absolute atomic E-state index is 0.129. The van der Waals surface area contributed by atoms with E-state index in [1.165, 1.54) is 19.2 Å². The van der Waals surface area contributed by atoms with Crippen molar-refractivity contribution in [3.8, 4) is 5.75 Å². The van der Waals surface area contributed by atoms with Crippen LogP contribution in [0.1, 0.15) is 18.1 Å². The maximum absolute atomic E-state index is 12.7. The average Bonchev–Trinajstić information content (AvgIpc) is 2.27. The van der Waals surface area contributed by atoms with Gasteiger partial charge < -0.3 is 9.47 Å². The van der Waals surface area contributed by atoms with Crippen LogP contribution < -0.4 is 4.74 Å². The van der Waals surface area contributed by atoms with Gasteiger partial charge in [0.1, 0.15) is 5.75 Å². The van der Waals surface area contributed by atoms with E-state index in [1.807, 2.05) is 0 Å². The standard InChI is InChI=1S/C12H13F3O3/c1-3-18-11(16)7-8-6-9(17-2)4-5-10(8)12(13,14)15/h4-6H,3,7H2,1-2H3. The number of esters is 1. The molecule has 0 N–H and O–H groups in total. The van der Waals surface area contributed by atoms with E-state index in [9.17, 15) is 18.0 Å². The fraction of sp³-hybridized carbons (Fsp3) is 0.417. The Hall–Kier alpha value is -1.72. The van der Waals surface area contributed by atoms with Crippen LogP contribution >= 0.6 is 0 Å². The van der Waals surface area contributed by atoms with Gasteiger partial charge in [0.2, 0.25) is 0 Å². The maximum atomic E-state index is 12.7. The zero-order valence-corrected chi connectivity index (χ0v) is 10.0. The van der Waals surface area contributed by atoms with Gasteiger partial charge in [-0.3, -0.25) is 4.79 Å². The van der Waals surface area contributed by atoms with E-state index < -0.39 is 24.1 Å². The Bertz CT molecular complexity index is 427. The molecule has 0 spiro atoms. The number of alkyl halides is 3. The van der Waals surface area contributed by atoms with E-state index in [1.54, 1.807) is 6.92 Å². The van der Waals surface area contributed by atoms with Gasteiger partial charge in [0.05, 0.1) is 25.7 Å². The molecule has 0 aliphatic rings. The first-order valence-corrected chi connectivity index (χ1v) is 5.28. The number of rotatable bonds is 4. The highest BCUT2D eigenvalue weighted by atomic mass is 19.4. The second kappa shape index (κ2) is 5.75. The molecule has 0 aromatic heterocycles. The van der Waals surface area contributed by atoms with Crippen LogP contribution in [-0.4, -0.2) is 19.7 Å². The third-order valence-electron chi connectivity index (χ3n) is 2.26. The van der Waals surface area contributed by atoms with Crippen LogP contribution in [0.25, 0.3) is 0 Å². The zero-order chi connectivity index (χ0) is 13.8. The normalized spacial score (nSPS) is 11.2. The molecule has 0 radical (unpaired) electrons. The van der Waals surface area contributed by atoms with Gasteiger partial charge in [0.25, 0.3) is 0 Å². The van der Waals surface area contributed by atoms with Crippen molar-refractivity contribution in [1.82, 2.24) is 0 Å². The summed E-state index contributed by atoms with van der Waals surface area (Å²) < 4.78 is 47.7. The number of carbonyl (C=O) groups is 1. The second-order valence-electron chi connectivity index (χ2n) is 3.50. The van der Waals surface area contributed by atoms with Crippen molar-refractivity contribution in [2.24, 2.45) is 0 Å². The predicted molar refractivity (Wildman–Crippen MR) is 58.3 cm³/mol. The molecule has 1 aromatic carbocycles. The van der Waals surface area contributed by atoms with Gasteiger partial charge in [-0.1, -0.05) is 0 Å². The molecule has 0 saturated carbocycles. The van der Waals surface area contributed by atoms with Crippen LogP contribution in [0.2, 0.25) is 0 Å². The Kier molecular flexibility index (Phi) is 4.58. The number of benzene rings is 1. The second-order valence-corrected chi connectivity index (χ2v) is 3.50. The molecular formula is C12H13F3O3. The summed E-state index contributed by atoms with van der Waals surface area (Å²) >= 11 is 0. The monoisotopic (exact) mass is 262 g/mol. The molecule has 3 nitrogen and oxygen atoms in total. The molecule has 0 heterocycles. The number of methoxy groups -OCH3 is 1. The van der Waals surface area contributed by atoms with E-state index in [0.717, 1.165) is 6.07 Å². The van der Waals surface area contributed by atoms with E-state index in [2.05, 4.69) is 4.74 Å². The highest BCUT2D eigenvalue weighted by Crippen LogP contribution is 2.34. The number of hydrogen-bond donors (Lipinski definition) is 0. The van der Waals surface area contributed by atoms with Crippen molar-refractivity contribution in [2.75, 3.05) is 13.7 Å². The molecule has 100 valence electrons. The SMILES string of the molecule is CCOC(=O)Cc1cc(OC)ccc1C(F)(F)F. The minimum Gasteiger partial charge on any atom is -0.497 e. The third kappa shape index (κ3) is 3.65. The first-order chi connectivity index (χ1) is 8.38. The van der Waals surface area contributed by atoms with E-state index in [-0.39, 0.29) is 17.9 Å². The largest absolute Gasteiger partial charge is 0.497 e. The van der Waals surface area contributed by atoms with E-state index in [4.69, 9.17) is 4.74 Å². The zero-order valence-electron chi connectivity index (χ0n) is 10.0. The summed E-state index contributed by atoms with van der Waals surface area (Å²) in [4.78, 5) is 11.3. The van der Waals surface area contributed by atoms with Gasteiger partial charge in [-0.2, -0.15) is 13.2 Å². The molecule has 0 aliphatic heterocycles. The van der Waals surface area contributed by atoms with Crippen LogP contribution in [0.3, 0.4) is 0 Å². The first kappa shape index (κ1) is 14.3. The smallest absolute Gasteiger partial charge is 0.416 e. The number of halogens is 3. The Morgan fingerprint density at radius 3 is 2.50 bits per heavy atom. The summed E-state index contributed by atoms with van der Waals surface area (Å²) in [5, 5.41) is 0. The highest BCUT2D eigenvalue weighted by Gasteiger charge is 2.34. The van der Waals surface area contributed by atoms with Crippen LogP contribution in [0.15, 0.2) is 18.2 Å². The summed E-state index contributed by atoms with van der Waals surface area (Å²) in [5.74, 6) is -0.432. The van der Waals surface area contributed by atoms with Gasteiger partial charge in [0.15, 0.2) is 0 Å². The number of carbonyl (C=O) groups excluding carboxylic acids is 1. The van der Waals surface area contributed by atoms with Crippen LogP contribution in [0.5, 0.6) is 5.75 Å². The van der Waals surface area contributed by atoms with Crippen molar-refractivity contribution in [3.63, 3.8) is 0 Å². The molecule has 1 rings (SSSR count). The molecule has 0 amide bonds. The lowest BCUT2D eigenvalue weighted by atomic mass is 10.0. The molecule has 0 saturated heterocycles. The Morgan fingerprint density at radius 2 is 2.00 bits per heavy atom. The number of ether oxygens (including phenoxy) is 2. The Balaban J connectivity index is 3.08. The number of hydrogen-bond acceptors (Lipinski definition) is 3. The third-order valence-corrected chi connectivity index (χ3v) is 2.26.